The fourth-order valence-corrected chi connectivity index (χ4v) is 3.17. The highest BCUT2D eigenvalue weighted by atomic mass is 16.2. The van der Waals surface area contributed by atoms with Gasteiger partial charge in [-0.3, -0.25) is 9.69 Å². The van der Waals surface area contributed by atoms with E-state index in [0.29, 0.717) is 0 Å². The number of carbonyl (C=O) groups is 1. The minimum absolute atomic E-state index is 0.0551. The minimum atomic E-state index is -0.0868. The molecule has 2 nitrogen and oxygen atoms in total. The number of fused-ring (bicyclic) bond motifs is 1. The molecule has 1 aliphatic rings. The quantitative estimate of drug-likeness (QED) is 0.659. The molecule has 1 heterocycles. The maximum atomic E-state index is 12.9. The first kappa shape index (κ1) is 14.5. The summed E-state index contributed by atoms with van der Waals surface area (Å²) in [6.07, 6.45) is 4.18. The Kier molecular flexibility index (Phi) is 3.72. The predicted octanol–water partition coefficient (Wildman–Crippen LogP) is 5.10. The van der Waals surface area contributed by atoms with Crippen LogP contribution in [0, 0.1) is 0 Å². The van der Waals surface area contributed by atoms with Gasteiger partial charge in [-0.05, 0) is 29.3 Å². The number of hydrogen-bond donors (Lipinski definition) is 0. The van der Waals surface area contributed by atoms with Crippen molar-refractivity contribution >= 4 is 17.7 Å². The molecule has 3 aromatic rings. The summed E-state index contributed by atoms with van der Waals surface area (Å²) in [5.74, 6) is 0.0551. The van der Waals surface area contributed by atoms with Gasteiger partial charge >= 0.3 is 0 Å². The monoisotopic (exact) mass is 311 g/mol. The van der Waals surface area contributed by atoms with Crippen LogP contribution in [0.25, 0.3) is 6.08 Å². The molecule has 0 saturated heterocycles. The molecule has 1 aliphatic heterocycles. The molecule has 0 fully saturated rings. The minimum Gasteiger partial charge on any atom is -0.297 e. The summed E-state index contributed by atoms with van der Waals surface area (Å²) < 4.78 is 0. The van der Waals surface area contributed by atoms with Crippen LogP contribution in [-0.2, 0) is 0 Å². The Morgan fingerprint density at radius 1 is 0.750 bits per heavy atom. The molecule has 0 aromatic heterocycles. The van der Waals surface area contributed by atoms with Gasteiger partial charge in [0.15, 0.2) is 0 Å². The lowest BCUT2D eigenvalue weighted by molar-refractivity contribution is 0.0994. The van der Waals surface area contributed by atoms with Gasteiger partial charge in [0, 0.05) is 11.3 Å². The molecule has 0 spiro atoms. The molecule has 116 valence electrons. The summed E-state index contributed by atoms with van der Waals surface area (Å²) in [7, 11) is 0. The highest BCUT2D eigenvalue weighted by molar-refractivity contribution is 6.11. The number of carbonyl (C=O) groups excluding carboxylic acids is 1. The van der Waals surface area contributed by atoms with Gasteiger partial charge in [-0.15, -0.1) is 0 Å². The topological polar surface area (TPSA) is 20.3 Å². The van der Waals surface area contributed by atoms with E-state index in [0.717, 1.165) is 22.4 Å². The van der Waals surface area contributed by atoms with Gasteiger partial charge in [0.1, 0.15) is 0 Å². The van der Waals surface area contributed by atoms with Gasteiger partial charge in [0.05, 0.1) is 6.04 Å². The van der Waals surface area contributed by atoms with E-state index in [1.165, 1.54) is 0 Å². The molecular weight excluding hydrogens is 294 g/mol. The van der Waals surface area contributed by atoms with E-state index < -0.39 is 0 Å². The molecular formula is C22H17NO. The zero-order valence-electron chi connectivity index (χ0n) is 13.2. The van der Waals surface area contributed by atoms with Crippen LogP contribution >= 0.6 is 0 Å². The average Bonchev–Trinajstić information content (AvgIpc) is 2.94. The van der Waals surface area contributed by atoms with Crippen LogP contribution in [0.4, 0.5) is 5.69 Å². The number of benzene rings is 3. The molecule has 0 radical (unpaired) electrons. The van der Waals surface area contributed by atoms with E-state index in [2.05, 4.69) is 24.3 Å². The molecule has 3 aromatic carbocycles. The van der Waals surface area contributed by atoms with Gasteiger partial charge in [-0.2, -0.15) is 0 Å². The SMILES string of the molecule is O=C1c2ccccc2C(C=Cc2ccccc2)N1c1ccccc1. The lowest BCUT2D eigenvalue weighted by Gasteiger charge is -2.23. The molecule has 1 unspecified atom stereocenters. The first-order valence-corrected chi connectivity index (χ1v) is 8.05. The molecule has 0 saturated carbocycles. The summed E-state index contributed by atoms with van der Waals surface area (Å²) in [4.78, 5) is 14.8. The highest BCUT2D eigenvalue weighted by Gasteiger charge is 2.35. The zero-order chi connectivity index (χ0) is 16.4. The van der Waals surface area contributed by atoms with Crippen LogP contribution in [0.5, 0.6) is 0 Å². The van der Waals surface area contributed by atoms with Gasteiger partial charge in [-0.25, -0.2) is 0 Å². The molecule has 4 rings (SSSR count). The second kappa shape index (κ2) is 6.17. The van der Waals surface area contributed by atoms with Crippen molar-refractivity contribution in [2.24, 2.45) is 0 Å². The maximum Gasteiger partial charge on any atom is 0.259 e. The summed E-state index contributed by atoms with van der Waals surface area (Å²) in [6, 6.07) is 27.8. The van der Waals surface area contributed by atoms with Crippen molar-refractivity contribution in [1.82, 2.24) is 0 Å². The Morgan fingerprint density at radius 2 is 1.38 bits per heavy atom. The van der Waals surface area contributed by atoms with E-state index >= 15 is 0 Å². The van der Waals surface area contributed by atoms with E-state index in [9.17, 15) is 4.79 Å². The van der Waals surface area contributed by atoms with Crippen molar-refractivity contribution in [3.05, 3.63) is 108 Å². The maximum absolute atomic E-state index is 12.9. The van der Waals surface area contributed by atoms with E-state index in [1.807, 2.05) is 77.7 Å². The van der Waals surface area contributed by atoms with Gasteiger partial charge in [-0.1, -0.05) is 78.9 Å². The Bertz CT molecular complexity index is 884. The predicted molar refractivity (Wildman–Crippen MR) is 97.9 cm³/mol. The number of hydrogen-bond acceptors (Lipinski definition) is 1. The van der Waals surface area contributed by atoms with E-state index in [-0.39, 0.29) is 11.9 Å². The fraction of sp³-hybridized carbons (Fsp3) is 0.0455. The van der Waals surface area contributed by atoms with Crippen LogP contribution in [0.2, 0.25) is 0 Å². The van der Waals surface area contributed by atoms with Crippen LogP contribution in [0.3, 0.4) is 0 Å². The van der Waals surface area contributed by atoms with Crippen molar-refractivity contribution in [3.63, 3.8) is 0 Å². The van der Waals surface area contributed by atoms with Crippen molar-refractivity contribution in [1.29, 1.82) is 0 Å². The second-order valence-electron chi connectivity index (χ2n) is 5.81. The van der Waals surface area contributed by atoms with Gasteiger partial charge in [0.25, 0.3) is 5.91 Å². The van der Waals surface area contributed by atoms with Crippen LogP contribution in [0.15, 0.2) is 91.0 Å². The van der Waals surface area contributed by atoms with Crippen molar-refractivity contribution in [2.45, 2.75) is 6.04 Å². The Hall–Kier alpha value is -3.13. The third-order valence-electron chi connectivity index (χ3n) is 4.31. The third kappa shape index (κ3) is 2.52. The summed E-state index contributed by atoms with van der Waals surface area (Å²) in [5.41, 5.74) is 3.88. The first-order valence-electron chi connectivity index (χ1n) is 8.05. The number of rotatable bonds is 3. The lowest BCUT2D eigenvalue weighted by Crippen LogP contribution is -2.26. The van der Waals surface area contributed by atoms with Gasteiger partial charge in [0.2, 0.25) is 0 Å². The normalized spacial score (nSPS) is 16.6. The fourth-order valence-electron chi connectivity index (χ4n) is 3.17. The Balaban J connectivity index is 1.78. The Labute approximate surface area is 141 Å². The molecule has 0 N–H and O–H groups in total. The molecule has 2 heteroatoms. The van der Waals surface area contributed by atoms with Crippen molar-refractivity contribution in [2.75, 3.05) is 4.90 Å². The number of anilines is 1. The number of nitrogens with zero attached hydrogens (tertiary/aromatic N) is 1. The van der Waals surface area contributed by atoms with Crippen molar-refractivity contribution < 1.29 is 4.79 Å². The smallest absolute Gasteiger partial charge is 0.259 e. The van der Waals surface area contributed by atoms with Gasteiger partial charge < -0.3 is 0 Å². The standard InChI is InChI=1S/C22H17NO/c24-22-20-14-8-7-13-19(20)21(16-15-17-9-3-1-4-10-17)23(22)18-11-5-2-6-12-18/h1-16,21H. The zero-order valence-corrected chi connectivity index (χ0v) is 13.2. The molecule has 1 atom stereocenters. The van der Waals surface area contributed by atoms with Crippen LogP contribution in [0.1, 0.15) is 27.5 Å². The van der Waals surface area contributed by atoms with Crippen LogP contribution in [-0.4, -0.2) is 5.91 Å². The first-order chi connectivity index (χ1) is 11.8. The molecule has 1 amide bonds. The Morgan fingerprint density at radius 3 is 2.12 bits per heavy atom. The third-order valence-corrected chi connectivity index (χ3v) is 4.31. The summed E-state index contributed by atoms with van der Waals surface area (Å²) in [6.45, 7) is 0. The highest BCUT2D eigenvalue weighted by Crippen LogP contribution is 2.38. The molecule has 0 bridgehead atoms. The average molecular weight is 311 g/mol. The number of amides is 1. The number of para-hydroxylation sites is 1. The second-order valence-corrected chi connectivity index (χ2v) is 5.81. The van der Waals surface area contributed by atoms with E-state index in [4.69, 9.17) is 0 Å². The van der Waals surface area contributed by atoms with E-state index in [1.54, 1.807) is 0 Å². The molecule has 0 aliphatic carbocycles. The summed E-state index contributed by atoms with van der Waals surface area (Å²) >= 11 is 0. The lowest BCUT2D eigenvalue weighted by atomic mass is 10.0. The largest absolute Gasteiger partial charge is 0.297 e. The molecule has 24 heavy (non-hydrogen) atoms. The van der Waals surface area contributed by atoms with Crippen LogP contribution < -0.4 is 4.90 Å². The van der Waals surface area contributed by atoms with Crippen molar-refractivity contribution in [3.8, 4) is 0 Å². The summed E-state index contributed by atoms with van der Waals surface area (Å²) in [5, 5.41) is 0.